The second-order valence-corrected chi connectivity index (χ2v) is 8.57. The van der Waals surface area contributed by atoms with E-state index in [1.54, 1.807) is 18.2 Å². The van der Waals surface area contributed by atoms with Gasteiger partial charge in [-0.1, -0.05) is 38.0 Å². The van der Waals surface area contributed by atoms with E-state index in [4.69, 9.17) is 0 Å². The summed E-state index contributed by atoms with van der Waals surface area (Å²) in [5.41, 5.74) is 0. The summed E-state index contributed by atoms with van der Waals surface area (Å²) in [6, 6.07) is 8.60. The van der Waals surface area contributed by atoms with Gasteiger partial charge in [0.25, 0.3) is 0 Å². The van der Waals surface area contributed by atoms with Gasteiger partial charge in [0.15, 0.2) is 0 Å². The van der Waals surface area contributed by atoms with Crippen LogP contribution in [-0.2, 0) is 14.8 Å². The molecule has 6 nitrogen and oxygen atoms in total. The fraction of sp³-hybridized carbons (Fsp3) is 0.632. The van der Waals surface area contributed by atoms with E-state index < -0.39 is 10.0 Å². The summed E-state index contributed by atoms with van der Waals surface area (Å²) in [6.07, 6.45) is 6.07. The Balaban J connectivity index is 1.71. The maximum atomic E-state index is 12.1. The highest BCUT2D eigenvalue weighted by Gasteiger charge is 2.22. The van der Waals surface area contributed by atoms with Gasteiger partial charge >= 0.3 is 0 Å². The minimum atomic E-state index is -3.55. The van der Waals surface area contributed by atoms with E-state index in [9.17, 15) is 13.2 Å². The Hall–Kier alpha value is -1.44. The van der Waals surface area contributed by atoms with Crippen LogP contribution in [0.1, 0.15) is 45.4 Å². The maximum absolute atomic E-state index is 12.1. The number of benzene rings is 1. The third kappa shape index (κ3) is 6.70. The van der Waals surface area contributed by atoms with E-state index in [2.05, 4.69) is 21.9 Å². The molecule has 1 aliphatic rings. The lowest BCUT2D eigenvalue weighted by Gasteiger charge is -2.35. The van der Waals surface area contributed by atoms with E-state index in [1.165, 1.54) is 37.8 Å². The average molecular weight is 382 g/mol. The van der Waals surface area contributed by atoms with Crippen molar-refractivity contribution in [3.8, 4) is 0 Å². The third-order valence-electron chi connectivity index (χ3n) is 4.78. The first kappa shape index (κ1) is 20.9. The number of carbonyl (C=O) groups excluding carboxylic acids is 1. The van der Waals surface area contributed by atoms with E-state index in [0.717, 1.165) is 19.5 Å². The molecule has 0 aliphatic carbocycles. The van der Waals surface area contributed by atoms with E-state index in [1.807, 2.05) is 0 Å². The molecule has 0 saturated carbocycles. The lowest BCUT2D eigenvalue weighted by Crippen LogP contribution is -2.47. The van der Waals surface area contributed by atoms with Crippen LogP contribution in [0.15, 0.2) is 35.2 Å². The molecular weight excluding hydrogens is 350 g/mol. The molecular formula is C19H31N3O3S. The molecule has 1 heterocycles. The highest BCUT2D eigenvalue weighted by atomic mass is 32.2. The van der Waals surface area contributed by atoms with Crippen molar-refractivity contribution in [1.82, 2.24) is 14.9 Å². The molecule has 1 fully saturated rings. The van der Waals surface area contributed by atoms with Crippen LogP contribution in [-0.4, -0.2) is 51.4 Å². The van der Waals surface area contributed by atoms with Crippen LogP contribution >= 0.6 is 0 Å². The number of unbranched alkanes of at least 4 members (excludes halogenated alkanes) is 1. The number of hydrogen-bond donors (Lipinski definition) is 2. The van der Waals surface area contributed by atoms with Gasteiger partial charge in [0.2, 0.25) is 15.9 Å². The van der Waals surface area contributed by atoms with E-state index >= 15 is 0 Å². The first-order valence-corrected chi connectivity index (χ1v) is 11.1. The molecule has 1 aromatic rings. The predicted octanol–water partition coefficient (Wildman–Crippen LogP) is 2.13. The summed E-state index contributed by atoms with van der Waals surface area (Å²) in [7, 11) is -3.55. The molecule has 0 aromatic heterocycles. The lowest BCUT2D eigenvalue weighted by atomic mass is 10.0. The number of nitrogens with one attached hydrogen (secondary N) is 2. The van der Waals surface area contributed by atoms with Crippen LogP contribution in [0, 0.1) is 0 Å². The van der Waals surface area contributed by atoms with Gasteiger partial charge < -0.3 is 5.32 Å². The van der Waals surface area contributed by atoms with Gasteiger partial charge in [-0.05, 0) is 44.5 Å². The molecule has 26 heavy (non-hydrogen) atoms. The maximum Gasteiger partial charge on any atom is 0.240 e. The SMILES string of the molecule is CCCCN1CCCCC1CNC(=O)CCNS(=O)(=O)c1ccccc1. The summed E-state index contributed by atoms with van der Waals surface area (Å²) < 4.78 is 26.7. The summed E-state index contributed by atoms with van der Waals surface area (Å²) >= 11 is 0. The van der Waals surface area contributed by atoms with E-state index in [0.29, 0.717) is 12.6 Å². The van der Waals surface area contributed by atoms with Crippen molar-refractivity contribution in [1.29, 1.82) is 0 Å². The number of hydrogen-bond acceptors (Lipinski definition) is 4. The van der Waals surface area contributed by atoms with Crippen LogP contribution in [0.4, 0.5) is 0 Å². The monoisotopic (exact) mass is 381 g/mol. The summed E-state index contributed by atoms with van der Waals surface area (Å²) in [5, 5.41) is 2.97. The molecule has 0 bridgehead atoms. The van der Waals surface area contributed by atoms with Crippen LogP contribution in [0.2, 0.25) is 0 Å². The van der Waals surface area contributed by atoms with Gasteiger partial charge in [-0.2, -0.15) is 0 Å². The number of carbonyl (C=O) groups is 1. The first-order valence-electron chi connectivity index (χ1n) is 9.58. The molecule has 146 valence electrons. The fourth-order valence-electron chi connectivity index (χ4n) is 3.25. The number of likely N-dealkylation sites (tertiary alicyclic amines) is 1. The molecule has 0 radical (unpaired) electrons. The second-order valence-electron chi connectivity index (χ2n) is 6.80. The number of rotatable bonds is 10. The smallest absolute Gasteiger partial charge is 0.240 e. The lowest BCUT2D eigenvalue weighted by molar-refractivity contribution is -0.121. The average Bonchev–Trinajstić information content (AvgIpc) is 2.66. The van der Waals surface area contributed by atoms with Gasteiger partial charge in [0, 0.05) is 25.6 Å². The largest absolute Gasteiger partial charge is 0.354 e. The Morgan fingerprint density at radius 3 is 2.73 bits per heavy atom. The van der Waals surface area contributed by atoms with Crippen molar-refractivity contribution in [3.05, 3.63) is 30.3 Å². The Morgan fingerprint density at radius 2 is 2.00 bits per heavy atom. The van der Waals surface area contributed by atoms with Gasteiger partial charge in [-0.15, -0.1) is 0 Å². The minimum absolute atomic E-state index is 0.104. The van der Waals surface area contributed by atoms with Crippen molar-refractivity contribution in [2.75, 3.05) is 26.2 Å². The van der Waals surface area contributed by atoms with Crippen LogP contribution in [0.3, 0.4) is 0 Å². The standard InChI is InChI=1S/C19H31N3O3S/c1-2-3-14-22-15-8-7-9-17(22)16-20-19(23)12-13-21-26(24,25)18-10-5-4-6-11-18/h4-6,10-11,17,21H,2-3,7-9,12-16H2,1H3,(H,20,23). The van der Waals surface area contributed by atoms with Crippen LogP contribution < -0.4 is 10.0 Å². The molecule has 1 saturated heterocycles. The Labute approximate surface area is 157 Å². The molecule has 2 rings (SSSR count). The van der Waals surface area contributed by atoms with Gasteiger partial charge in [0.1, 0.15) is 0 Å². The van der Waals surface area contributed by atoms with Gasteiger partial charge in [-0.25, -0.2) is 13.1 Å². The zero-order valence-corrected chi connectivity index (χ0v) is 16.4. The van der Waals surface area contributed by atoms with Crippen molar-refractivity contribution in [2.24, 2.45) is 0 Å². The second kappa shape index (κ2) is 10.6. The normalized spacial score (nSPS) is 18.6. The molecule has 0 spiro atoms. The molecule has 1 aliphatic heterocycles. The zero-order chi connectivity index (χ0) is 18.8. The minimum Gasteiger partial charge on any atom is -0.354 e. The van der Waals surface area contributed by atoms with Crippen molar-refractivity contribution in [3.63, 3.8) is 0 Å². The molecule has 1 atom stereocenters. The van der Waals surface area contributed by atoms with Gasteiger partial charge in [-0.3, -0.25) is 9.69 Å². The fourth-order valence-corrected chi connectivity index (χ4v) is 4.30. The number of amides is 1. The highest BCUT2D eigenvalue weighted by molar-refractivity contribution is 7.89. The molecule has 1 aromatic carbocycles. The topological polar surface area (TPSA) is 78.5 Å². The summed E-state index contributed by atoms with van der Waals surface area (Å²) in [4.78, 5) is 14.8. The quantitative estimate of drug-likeness (QED) is 0.651. The Bertz CT molecular complexity index is 649. The Morgan fingerprint density at radius 1 is 1.23 bits per heavy atom. The zero-order valence-electron chi connectivity index (χ0n) is 15.6. The number of sulfonamides is 1. The predicted molar refractivity (Wildman–Crippen MR) is 103 cm³/mol. The molecule has 1 unspecified atom stereocenters. The van der Waals surface area contributed by atoms with E-state index in [-0.39, 0.29) is 23.8 Å². The molecule has 1 amide bonds. The summed E-state index contributed by atoms with van der Waals surface area (Å²) in [6.45, 7) is 5.14. The van der Waals surface area contributed by atoms with Crippen LogP contribution in [0.5, 0.6) is 0 Å². The van der Waals surface area contributed by atoms with Crippen LogP contribution in [0.25, 0.3) is 0 Å². The first-order chi connectivity index (χ1) is 12.5. The third-order valence-corrected chi connectivity index (χ3v) is 6.26. The Kier molecular flexibility index (Phi) is 8.54. The number of nitrogens with zero attached hydrogens (tertiary/aromatic N) is 1. The number of piperidine rings is 1. The summed E-state index contributed by atoms with van der Waals surface area (Å²) in [5.74, 6) is -0.109. The van der Waals surface area contributed by atoms with Gasteiger partial charge in [0.05, 0.1) is 4.90 Å². The van der Waals surface area contributed by atoms with Crippen molar-refractivity contribution in [2.45, 2.75) is 56.4 Å². The van der Waals surface area contributed by atoms with Crippen molar-refractivity contribution >= 4 is 15.9 Å². The molecule has 7 heteroatoms. The van der Waals surface area contributed by atoms with Crippen molar-refractivity contribution < 1.29 is 13.2 Å². The highest BCUT2D eigenvalue weighted by Crippen LogP contribution is 2.17. The molecule has 2 N–H and O–H groups in total.